The summed E-state index contributed by atoms with van der Waals surface area (Å²) >= 11 is 0. The molecule has 0 aliphatic carbocycles. The summed E-state index contributed by atoms with van der Waals surface area (Å²) in [4.78, 5) is 24.5. The lowest BCUT2D eigenvalue weighted by Gasteiger charge is -2.29. The van der Waals surface area contributed by atoms with Crippen LogP contribution in [0, 0.1) is 0 Å². The fourth-order valence-electron chi connectivity index (χ4n) is 3.24. The highest BCUT2D eigenvalue weighted by Crippen LogP contribution is 2.32. The number of benzene rings is 2. The van der Waals surface area contributed by atoms with Gasteiger partial charge in [0.25, 0.3) is 0 Å². The monoisotopic (exact) mass is 409 g/mol. The minimum atomic E-state index is -0.136. The second kappa shape index (κ2) is 8.77. The molecular formula is C22H23N3O5. The molecule has 0 aromatic heterocycles. The molecule has 2 aliphatic rings. The Balaban J connectivity index is 1.27. The third-order valence-corrected chi connectivity index (χ3v) is 4.93. The molecule has 4 rings (SSSR count). The molecule has 2 aromatic rings. The molecule has 2 N–H and O–H groups in total. The Hall–Kier alpha value is -3.68. The van der Waals surface area contributed by atoms with E-state index in [-0.39, 0.29) is 38.0 Å². The van der Waals surface area contributed by atoms with Gasteiger partial charge in [-0.25, -0.2) is 0 Å². The van der Waals surface area contributed by atoms with E-state index in [0.29, 0.717) is 18.0 Å². The number of carbonyl (C=O) groups excluding carboxylic acids is 2. The van der Waals surface area contributed by atoms with E-state index < -0.39 is 0 Å². The first-order valence-corrected chi connectivity index (χ1v) is 9.69. The van der Waals surface area contributed by atoms with Crippen molar-refractivity contribution in [2.75, 3.05) is 20.4 Å². The van der Waals surface area contributed by atoms with Gasteiger partial charge in [-0.15, -0.1) is 0 Å². The van der Waals surface area contributed by atoms with Crippen LogP contribution < -0.4 is 25.0 Å². The van der Waals surface area contributed by atoms with Crippen LogP contribution in [0.15, 0.2) is 48.5 Å². The van der Waals surface area contributed by atoms with Crippen LogP contribution in [0.2, 0.25) is 0 Å². The molecule has 0 atom stereocenters. The molecule has 2 heterocycles. The second-order valence-electron chi connectivity index (χ2n) is 6.92. The summed E-state index contributed by atoms with van der Waals surface area (Å²) in [6.07, 6.45) is 2.33. The number of nitrogens with one attached hydrogen (secondary N) is 2. The average Bonchev–Trinajstić information content (AvgIpc) is 3.25. The molecule has 8 nitrogen and oxygen atoms in total. The molecule has 0 bridgehead atoms. The van der Waals surface area contributed by atoms with Crippen LogP contribution >= 0.6 is 0 Å². The number of carbonyl (C=O) groups is 2. The summed E-state index contributed by atoms with van der Waals surface area (Å²) in [5, 5.41) is 4.36. The molecule has 2 amide bonds. The summed E-state index contributed by atoms with van der Waals surface area (Å²) in [5.74, 6) is 1.95. The average molecular weight is 409 g/mol. The number of fused-ring (bicyclic) bond motifs is 1. The number of rotatable bonds is 7. The van der Waals surface area contributed by atoms with Gasteiger partial charge < -0.3 is 19.5 Å². The Kier molecular flexibility index (Phi) is 5.74. The van der Waals surface area contributed by atoms with Crippen molar-refractivity contribution in [3.8, 4) is 17.2 Å². The van der Waals surface area contributed by atoms with E-state index in [4.69, 9.17) is 14.2 Å². The first kappa shape index (κ1) is 19.6. The Labute approximate surface area is 174 Å². The molecule has 0 saturated heterocycles. The van der Waals surface area contributed by atoms with E-state index in [9.17, 15) is 9.59 Å². The van der Waals surface area contributed by atoms with E-state index in [1.54, 1.807) is 7.11 Å². The molecule has 2 aromatic carbocycles. The zero-order valence-electron chi connectivity index (χ0n) is 16.6. The maximum Gasteiger partial charge on any atom is 0.244 e. The van der Waals surface area contributed by atoms with Crippen LogP contribution in [-0.4, -0.2) is 37.3 Å². The van der Waals surface area contributed by atoms with E-state index in [1.807, 2.05) is 48.5 Å². The van der Waals surface area contributed by atoms with Crippen LogP contribution in [0.1, 0.15) is 24.0 Å². The zero-order valence-corrected chi connectivity index (χ0v) is 16.6. The molecule has 8 heteroatoms. The first-order valence-electron chi connectivity index (χ1n) is 9.69. The molecule has 0 saturated carbocycles. The standard InChI is InChI=1S/C22H23N3O5/c1-28-17-5-3-16(4-6-17)18-7-9-22(27)25(24-18)11-10-21(26)23-13-15-2-8-19-20(12-15)30-14-29-19/h2-8,12,24H,9-11,13-14H2,1H3,(H,23,26). The van der Waals surface area contributed by atoms with Crippen molar-refractivity contribution in [1.82, 2.24) is 15.8 Å². The van der Waals surface area contributed by atoms with Gasteiger partial charge in [0.1, 0.15) is 5.75 Å². The lowest BCUT2D eigenvalue weighted by atomic mass is 10.1. The summed E-state index contributed by atoms with van der Waals surface area (Å²) in [7, 11) is 1.62. The highest BCUT2D eigenvalue weighted by atomic mass is 16.7. The van der Waals surface area contributed by atoms with Crippen molar-refractivity contribution in [2.24, 2.45) is 0 Å². The van der Waals surface area contributed by atoms with Crippen LogP contribution in [0.25, 0.3) is 5.70 Å². The van der Waals surface area contributed by atoms with Crippen LogP contribution in [0.4, 0.5) is 0 Å². The minimum absolute atomic E-state index is 0.0733. The third kappa shape index (κ3) is 4.48. The Morgan fingerprint density at radius 3 is 2.77 bits per heavy atom. The number of nitrogens with zero attached hydrogens (tertiary/aromatic N) is 1. The number of ether oxygens (including phenoxy) is 3. The molecule has 0 radical (unpaired) electrons. The Morgan fingerprint density at radius 1 is 1.17 bits per heavy atom. The maximum absolute atomic E-state index is 12.3. The summed E-state index contributed by atoms with van der Waals surface area (Å²) < 4.78 is 15.8. The topological polar surface area (TPSA) is 89.1 Å². The molecule has 0 unspecified atom stereocenters. The summed E-state index contributed by atoms with van der Waals surface area (Å²) in [6.45, 7) is 0.877. The van der Waals surface area contributed by atoms with Gasteiger partial charge in [0.15, 0.2) is 11.5 Å². The molecule has 0 fully saturated rings. The Bertz CT molecular complexity index is 971. The van der Waals surface area contributed by atoms with Gasteiger partial charge in [0.2, 0.25) is 18.6 Å². The minimum Gasteiger partial charge on any atom is -0.497 e. The lowest BCUT2D eigenvalue weighted by Crippen LogP contribution is -2.45. The van der Waals surface area contributed by atoms with Crippen LogP contribution in [0.5, 0.6) is 17.2 Å². The largest absolute Gasteiger partial charge is 0.497 e. The van der Waals surface area contributed by atoms with Crippen molar-refractivity contribution < 1.29 is 23.8 Å². The number of hydrazine groups is 1. The van der Waals surface area contributed by atoms with Gasteiger partial charge in [0.05, 0.1) is 19.4 Å². The van der Waals surface area contributed by atoms with Gasteiger partial charge in [0, 0.05) is 19.4 Å². The highest BCUT2D eigenvalue weighted by molar-refractivity contribution is 5.84. The fraction of sp³-hybridized carbons (Fsp3) is 0.273. The Morgan fingerprint density at radius 2 is 1.97 bits per heavy atom. The van der Waals surface area contributed by atoms with Crippen molar-refractivity contribution >= 4 is 17.5 Å². The van der Waals surface area contributed by atoms with E-state index in [0.717, 1.165) is 22.6 Å². The first-order chi connectivity index (χ1) is 14.6. The number of amides is 2. The maximum atomic E-state index is 12.3. The van der Waals surface area contributed by atoms with E-state index in [2.05, 4.69) is 10.7 Å². The highest BCUT2D eigenvalue weighted by Gasteiger charge is 2.20. The molecule has 156 valence electrons. The van der Waals surface area contributed by atoms with Gasteiger partial charge in [-0.2, -0.15) is 0 Å². The SMILES string of the molecule is COc1ccc(C2=CCC(=O)N(CCC(=O)NCc3ccc4c(c3)OCO4)N2)cc1. The fourth-order valence-corrected chi connectivity index (χ4v) is 3.24. The molecular weight excluding hydrogens is 386 g/mol. The van der Waals surface area contributed by atoms with E-state index in [1.165, 1.54) is 5.01 Å². The molecule has 2 aliphatic heterocycles. The van der Waals surface area contributed by atoms with Crippen molar-refractivity contribution in [3.05, 3.63) is 59.7 Å². The van der Waals surface area contributed by atoms with Crippen LogP contribution in [-0.2, 0) is 16.1 Å². The summed E-state index contributed by atoms with van der Waals surface area (Å²) in [5.41, 5.74) is 5.81. The van der Waals surface area contributed by atoms with Gasteiger partial charge >= 0.3 is 0 Å². The van der Waals surface area contributed by atoms with Crippen LogP contribution in [0.3, 0.4) is 0 Å². The van der Waals surface area contributed by atoms with E-state index >= 15 is 0 Å². The van der Waals surface area contributed by atoms with Crippen molar-refractivity contribution in [2.45, 2.75) is 19.4 Å². The molecule has 0 spiro atoms. The third-order valence-electron chi connectivity index (χ3n) is 4.93. The molecule has 30 heavy (non-hydrogen) atoms. The zero-order chi connectivity index (χ0) is 20.9. The quantitative estimate of drug-likeness (QED) is 0.729. The van der Waals surface area contributed by atoms with Gasteiger partial charge in [-0.3, -0.25) is 20.0 Å². The number of hydrogen-bond donors (Lipinski definition) is 2. The summed E-state index contributed by atoms with van der Waals surface area (Å²) in [6, 6.07) is 13.1. The lowest BCUT2D eigenvalue weighted by molar-refractivity contribution is -0.133. The smallest absolute Gasteiger partial charge is 0.244 e. The van der Waals surface area contributed by atoms with Crippen molar-refractivity contribution in [1.29, 1.82) is 0 Å². The van der Waals surface area contributed by atoms with Gasteiger partial charge in [-0.05, 0) is 53.6 Å². The second-order valence-corrected chi connectivity index (χ2v) is 6.92. The predicted octanol–water partition coefficient (Wildman–Crippen LogP) is 2.21. The van der Waals surface area contributed by atoms with Crippen molar-refractivity contribution in [3.63, 3.8) is 0 Å². The normalized spacial score (nSPS) is 14.8. The van der Waals surface area contributed by atoms with Gasteiger partial charge in [-0.1, -0.05) is 6.07 Å². The number of methoxy groups -OCH3 is 1. The predicted molar refractivity (Wildman–Crippen MR) is 109 cm³/mol. The number of hydrogen-bond acceptors (Lipinski definition) is 6.